The third-order valence-electron chi connectivity index (χ3n) is 4.38. The third-order valence-corrected chi connectivity index (χ3v) is 4.38. The minimum Gasteiger partial charge on any atom is -0.493 e. The van der Waals surface area contributed by atoms with Gasteiger partial charge in [0.25, 0.3) is 11.6 Å². The van der Waals surface area contributed by atoms with Crippen LogP contribution in [0.2, 0.25) is 0 Å². The molecule has 1 amide bonds. The van der Waals surface area contributed by atoms with Crippen molar-refractivity contribution >= 4 is 17.6 Å². The molecule has 0 fully saturated rings. The van der Waals surface area contributed by atoms with Crippen LogP contribution in [0, 0.1) is 15.9 Å². The van der Waals surface area contributed by atoms with Gasteiger partial charge in [0.1, 0.15) is 11.4 Å². The van der Waals surface area contributed by atoms with Gasteiger partial charge in [-0.1, -0.05) is 12.1 Å². The Morgan fingerprint density at radius 1 is 1.16 bits per heavy atom. The summed E-state index contributed by atoms with van der Waals surface area (Å²) in [6.45, 7) is 4.95. The summed E-state index contributed by atoms with van der Waals surface area (Å²) in [6, 6.07) is 7.30. The predicted molar refractivity (Wildman–Crippen MR) is 109 cm³/mol. The van der Waals surface area contributed by atoms with E-state index in [4.69, 9.17) is 14.2 Å². The molecule has 0 radical (unpaired) electrons. The van der Waals surface area contributed by atoms with E-state index in [1.54, 1.807) is 13.8 Å². The molecule has 166 valence electrons. The van der Waals surface area contributed by atoms with Gasteiger partial charge in [0.05, 0.1) is 30.7 Å². The van der Waals surface area contributed by atoms with Crippen LogP contribution in [0.25, 0.3) is 0 Å². The van der Waals surface area contributed by atoms with Gasteiger partial charge < -0.3 is 19.5 Å². The molecule has 0 bridgehead atoms. The fourth-order valence-corrected chi connectivity index (χ4v) is 2.73. The minimum absolute atomic E-state index is 0.104. The van der Waals surface area contributed by atoms with Crippen LogP contribution in [-0.4, -0.2) is 36.6 Å². The fraction of sp³-hybridized carbons (Fsp3) is 0.333. The molecule has 2 unspecified atom stereocenters. The van der Waals surface area contributed by atoms with Crippen LogP contribution in [0.5, 0.6) is 11.5 Å². The van der Waals surface area contributed by atoms with Crippen LogP contribution in [0.4, 0.5) is 10.1 Å². The second-order valence-electron chi connectivity index (χ2n) is 6.54. The molecule has 10 heteroatoms. The molecule has 0 heterocycles. The van der Waals surface area contributed by atoms with Gasteiger partial charge in [0.15, 0.2) is 17.6 Å². The van der Waals surface area contributed by atoms with E-state index in [2.05, 4.69) is 5.32 Å². The van der Waals surface area contributed by atoms with Crippen molar-refractivity contribution in [3.63, 3.8) is 0 Å². The largest absolute Gasteiger partial charge is 0.493 e. The van der Waals surface area contributed by atoms with Crippen molar-refractivity contribution in [3.05, 3.63) is 63.5 Å². The number of methoxy groups -OCH3 is 1. The topological polar surface area (TPSA) is 117 Å². The Balaban J connectivity index is 2.16. The number of nitrogens with zero attached hydrogens (tertiary/aromatic N) is 1. The van der Waals surface area contributed by atoms with Crippen LogP contribution >= 0.6 is 0 Å². The minimum atomic E-state index is -1.24. The van der Waals surface area contributed by atoms with Gasteiger partial charge in [-0.2, -0.15) is 0 Å². The number of nitro benzene ring substituents is 1. The number of hydrogen-bond donors (Lipinski definition) is 1. The van der Waals surface area contributed by atoms with Crippen LogP contribution in [0.15, 0.2) is 36.4 Å². The number of nitrogens with one attached hydrogen (secondary N) is 1. The van der Waals surface area contributed by atoms with Crippen molar-refractivity contribution in [2.75, 3.05) is 13.7 Å². The summed E-state index contributed by atoms with van der Waals surface area (Å²) in [4.78, 5) is 35.6. The molecule has 0 spiro atoms. The number of halogens is 1. The lowest BCUT2D eigenvalue weighted by molar-refractivity contribution is -0.385. The van der Waals surface area contributed by atoms with E-state index in [0.29, 0.717) is 5.56 Å². The number of esters is 1. The van der Waals surface area contributed by atoms with Crippen LogP contribution in [0.1, 0.15) is 42.7 Å². The zero-order valence-corrected chi connectivity index (χ0v) is 17.5. The van der Waals surface area contributed by atoms with Gasteiger partial charge in [-0.25, -0.2) is 9.18 Å². The molecule has 2 aromatic carbocycles. The molecule has 0 aromatic heterocycles. The summed E-state index contributed by atoms with van der Waals surface area (Å²) in [5, 5.41) is 14.1. The van der Waals surface area contributed by atoms with Gasteiger partial charge in [-0.15, -0.1) is 0 Å². The average Bonchev–Trinajstić information content (AvgIpc) is 2.73. The Morgan fingerprint density at radius 2 is 1.81 bits per heavy atom. The Kier molecular flexibility index (Phi) is 7.89. The monoisotopic (exact) mass is 434 g/mol. The van der Waals surface area contributed by atoms with Crippen molar-refractivity contribution in [2.45, 2.75) is 32.9 Å². The number of amides is 1. The maximum Gasteiger partial charge on any atom is 0.346 e. The van der Waals surface area contributed by atoms with Gasteiger partial charge in [-0.3, -0.25) is 14.9 Å². The molecule has 2 rings (SSSR count). The lowest BCUT2D eigenvalue weighted by Crippen LogP contribution is -2.37. The summed E-state index contributed by atoms with van der Waals surface area (Å²) >= 11 is 0. The van der Waals surface area contributed by atoms with E-state index in [9.17, 15) is 24.1 Å². The summed E-state index contributed by atoms with van der Waals surface area (Å²) < 4.78 is 28.6. The smallest absolute Gasteiger partial charge is 0.346 e. The van der Waals surface area contributed by atoms with E-state index >= 15 is 0 Å². The molecule has 0 saturated carbocycles. The highest BCUT2D eigenvalue weighted by molar-refractivity contribution is 5.96. The first-order valence-corrected chi connectivity index (χ1v) is 9.43. The lowest BCUT2D eigenvalue weighted by Gasteiger charge is -2.18. The first-order chi connectivity index (χ1) is 14.7. The Morgan fingerprint density at radius 3 is 2.35 bits per heavy atom. The lowest BCUT2D eigenvalue weighted by atomic mass is 10.1. The fourth-order valence-electron chi connectivity index (χ4n) is 2.73. The maximum absolute atomic E-state index is 13.0. The van der Waals surface area contributed by atoms with Crippen molar-refractivity contribution < 1.29 is 33.1 Å². The molecule has 0 aliphatic rings. The molecule has 0 aliphatic carbocycles. The van der Waals surface area contributed by atoms with E-state index in [0.717, 1.165) is 12.1 Å². The third kappa shape index (κ3) is 5.91. The van der Waals surface area contributed by atoms with Gasteiger partial charge in [0, 0.05) is 6.07 Å². The summed E-state index contributed by atoms with van der Waals surface area (Å²) in [7, 11) is 1.33. The average molecular weight is 434 g/mol. The summed E-state index contributed by atoms with van der Waals surface area (Å²) in [5.74, 6) is -1.87. The molecule has 0 saturated heterocycles. The zero-order chi connectivity index (χ0) is 23.1. The Bertz CT molecular complexity index is 963. The van der Waals surface area contributed by atoms with Gasteiger partial charge in [0.2, 0.25) is 0 Å². The number of carbonyl (C=O) groups is 2. The molecule has 9 nitrogen and oxygen atoms in total. The molecule has 1 N–H and O–H groups in total. The molecule has 31 heavy (non-hydrogen) atoms. The molecule has 2 aromatic rings. The van der Waals surface area contributed by atoms with Crippen LogP contribution in [-0.2, 0) is 9.53 Å². The number of carbonyl (C=O) groups excluding carboxylic acids is 2. The number of rotatable bonds is 9. The normalized spacial score (nSPS) is 12.4. The number of hydrogen-bond acceptors (Lipinski definition) is 7. The van der Waals surface area contributed by atoms with Gasteiger partial charge >= 0.3 is 5.97 Å². The number of nitro groups is 1. The van der Waals surface area contributed by atoms with Crippen LogP contribution in [0.3, 0.4) is 0 Å². The van der Waals surface area contributed by atoms with E-state index in [-0.39, 0.29) is 23.7 Å². The van der Waals surface area contributed by atoms with Crippen molar-refractivity contribution in [1.82, 2.24) is 5.32 Å². The summed E-state index contributed by atoms with van der Waals surface area (Å²) in [5.41, 5.74) is -0.266. The predicted octanol–water partition coefficient (Wildman–Crippen LogP) is 3.56. The van der Waals surface area contributed by atoms with Crippen molar-refractivity contribution in [1.29, 1.82) is 0 Å². The van der Waals surface area contributed by atoms with Crippen molar-refractivity contribution in [3.8, 4) is 11.5 Å². The zero-order valence-electron chi connectivity index (χ0n) is 17.5. The van der Waals surface area contributed by atoms with Crippen LogP contribution < -0.4 is 14.8 Å². The second-order valence-corrected chi connectivity index (χ2v) is 6.54. The first-order valence-electron chi connectivity index (χ1n) is 9.43. The van der Waals surface area contributed by atoms with E-state index < -0.39 is 40.5 Å². The second kappa shape index (κ2) is 10.4. The maximum atomic E-state index is 13.0. The highest BCUT2D eigenvalue weighted by Gasteiger charge is 2.29. The number of ether oxygens (including phenoxy) is 3. The molecule has 0 aliphatic heterocycles. The van der Waals surface area contributed by atoms with Crippen molar-refractivity contribution in [2.24, 2.45) is 0 Å². The number of benzene rings is 2. The van der Waals surface area contributed by atoms with Gasteiger partial charge in [-0.05, 0) is 38.5 Å². The molecular weight excluding hydrogens is 411 g/mol. The Labute approximate surface area is 178 Å². The Hall–Kier alpha value is -3.69. The highest BCUT2D eigenvalue weighted by atomic mass is 19.1. The quantitative estimate of drug-likeness (QED) is 0.364. The highest BCUT2D eigenvalue weighted by Crippen LogP contribution is 2.35. The van der Waals surface area contributed by atoms with E-state index in [1.807, 2.05) is 0 Å². The standard InChI is InChI=1S/C21H23FN2O7/c1-5-30-19-11-17(24(27)28)16(10-18(19)29-4)21(26)31-13(3)20(25)23-12(2)14-6-8-15(22)9-7-14/h6-13H,5H2,1-4H3,(H,23,25). The first kappa shape index (κ1) is 23.6. The molecule has 2 atom stereocenters. The molecular formula is C21H23FN2O7. The van der Waals surface area contributed by atoms with E-state index in [1.165, 1.54) is 38.3 Å². The SMILES string of the molecule is CCOc1cc([N+](=O)[O-])c(C(=O)OC(C)C(=O)NC(C)c2ccc(F)cc2)cc1OC. The summed E-state index contributed by atoms with van der Waals surface area (Å²) in [6.07, 6.45) is -1.24.